The van der Waals surface area contributed by atoms with Crippen molar-refractivity contribution < 1.29 is 79.8 Å². The van der Waals surface area contributed by atoms with E-state index in [0.717, 1.165) is 175 Å². The van der Waals surface area contributed by atoms with Crippen LogP contribution in [0.4, 0.5) is 26.3 Å². The summed E-state index contributed by atoms with van der Waals surface area (Å²) in [5.41, 5.74) is 0. The van der Waals surface area contributed by atoms with Crippen LogP contribution in [-0.4, -0.2) is 457 Å². The summed E-state index contributed by atoms with van der Waals surface area (Å²) < 4.78 is 94.6. The van der Waals surface area contributed by atoms with Crippen LogP contribution in [0.1, 0.15) is 148 Å². The van der Waals surface area contributed by atoms with Gasteiger partial charge in [-0.25, -0.2) is 26.3 Å². The number of nitrogens with one attached hydrogen (secondary N) is 1. The topological polar surface area (TPSA) is 231 Å². The predicted molar refractivity (Wildman–Crippen MR) is 425 cm³/mol. The fourth-order valence-electron chi connectivity index (χ4n) is 20.2. The Morgan fingerprint density at radius 3 is 0.903 bits per heavy atom. The summed E-state index contributed by atoms with van der Waals surface area (Å²) in [5, 5.41) is 30.2. The molecule has 26 nitrogen and oxygen atoms in total. The van der Waals surface area contributed by atoms with Crippen LogP contribution in [0, 0.1) is 0 Å². The number of carbonyl (C=O) groups excluding carboxylic acids is 4. The van der Waals surface area contributed by atoms with Gasteiger partial charge in [-0.15, -0.1) is 0 Å². The Kier molecular flexibility index (Phi) is 39.2. The van der Waals surface area contributed by atoms with Crippen LogP contribution in [0.15, 0.2) is 0 Å². The number of carboxylic acids is 1. The molecule has 14 fully saturated rings. The van der Waals surface area contributed by atoms with Crippen LogP contribution in [-0.2, 0) is 38.2 Å². The highest BCUT2D eigenvalue weighted by atomic mass is 19.3. The lowest BCUT2D eigenvalue weighted by Crippen LogP contribution is -2.50. The minimum Gasteiger partial charge on any atom is -0.480 e. The summed E-state index contributed by atoms with van der Waals surface area (Å²) in [4.78, 5) is 88.5. The average molecular weight is 1620 g/mol. The van der Waals surface area contributed by atoms with Gasteiger partial charge < -0.3 is 69.1 Å². The van der Waals surface area contributed by atoms with Crippen molar-refractivity contribution in [2.24, 2.45) is 0 Å². The number of nitrogens with zero attached hydrogens (tertiary/aromatic N) is 14. The lowest BCUT2D eigenvalue weighted by Gasteiger charge is -2.37. The first kappa shape index (κ1) is 94.8. The van der Waals surface area contributed by atoms with Crippen molar-refractivity contribution in [1.82, 2.24) is 73.9 Å². The van der Waals surface area contributed by atoms with Crippen molar-refractivity contribution in [2.45, 2.75) is 263 Å². The summed E-state index contributed by atoms with van der Waals surface area (Å²) in [6.07, 6.45) is 17.0. The molecule has 0 aliphatic carbocycles. The molecule has 14 aliphatic rings. The zero-order valence-corrected chi connectivity index (χ0v) is 70.6. The first-order valence-corrected chi connectivity index (χ1v) is 42.9. The number of carbonyl (C=O) groups is 5. The van der Waals surface area contributed by atoms with Gasteiger partial charge in [0.15, 0.2) is 0 Å². The number of aliphatic carboxylic acids is 1. The number of likely N-dealkylation sites (N-methyl/N-ethyl adjacent to an activating group) is 1. The number of aliphatic hydroxyl groups is 2. The summed E-state index contributed by atoms with van der Waals surface area (Å²) in [5.74, 6) is -4.39. The normalized spacial score (nSPS) is 32.6. The molecular formula is C81H147F6N15O11. The van der Waals surface area contributed by atoms with Crippen LogP contribution >= 0.6 is 0 Å². The second-order valence-corrected chi connectivity index (χ2v) is 35.1. The van der Waals surface area contributed by atoms with Crippen LogP contribution in [0.3, 0.4) is 0 Å². The molecule has 11 atom stereocenters. The molecule has 14 aliphatic heterocycles. The van der Waals surface area contributed by atoms with E-state index in [1.54, 1.807) is 7.05 Å². The van der Waals surface area contributed by atoms with Gasteiger partial charge in [-0.3, -0.25) is 58.3 Å². The molecule has 113 heavy (non-hydrogen) atoms. The lowest BCUT2D eigenvalue weighted by molar-refractivity contribution is -0.147. The third-order valence-electron chi connectivity index (χ3n) is 27.1. The maximum absolute atomic E-state index is 13.5. The standard InChI is InChI=1S/2C12H21FN2O2.C12H23N3O.C12H22N2O2.C11H18F2N2O2.2C11H21FN2O/c2*1-14-5-3-10(4-6-14)15-8-9(13)7-11(15)12(16)17-2;1-13-12(16)11-4-3-7-15(11)10-5-8-14(2)9-6-10;1-13-8-5-10(6-9-13)14-7-3-4-11(14)12(15)16-2;1-14-4-2-8(3-5-14)15-7-11(12,13)6-9(15)10(16)17;2*1-13-4-2-10(3-5-13)14-7-9(12)6-11(14)8-15/h2*9-11H,3-8H2,1-2H3;10-11H,3-9H2,1-2H3,(H,13,16);10-11H,3-9H2,1-2H3;8-9H,2-7H2,1H3,(H,16,17);2*9-11,15H,2-8H2,1H3/t9-,11+;9-,11-;2*11-;9-;9-,11+;9-,11-/m0101101/s1. The van der Waals surface area contributed by atoms with E-state index in [2.05, 4.69) is 102 Å². The summed E-state index contributed by atoms with van der Waals surface area (Å²) in [7, 11) is 20.8. The molecule has 0 radical (unpaired) electrons. The van der Waals surface area contributed by atoms with Gasteiger partial charge in [0.1, 0.15) is 48.9 Å². The van der Waals surface area contributed by atoms with Gasteiger partial charge in [0.25, 0.3) is 5.92 Å². The van der Waals surface area contributed by atoms with Gasteiger partial charge in [0, 0.05) is 107 Å². The average Bonchev–Trinajstić information content (AvgIpc) is 1.67. The number of ether oxygens (including phenoxy) is 3. The summed E-state index contributed by atoms with van der Waals surface area (Å²) in [6.45, 7) is 18.6. The van der Waals surface area contributed by atoms with Crippen molar-refractivity contribution in [2.75, 3.05) is 228 Å². The lowest BCUT2D eigenvalue weighted by atomic mass is 10.0. The number of hydrogen-bond acceptors (Lipinski definition) is 24. The maximum Gasteiger partial charge on any atom is 0.323 e. The van der Waals surface area contributed by atoms with Gasteiger partial charge in [-0.1, -0.05) is 0 Å². The predicted octanol–water partition coefficient (Wildman–Crippen LogP) is 4.19. The minimum atomic E-state index is -2.85. The van der Waals surface area contributed by atoms with Crippen molar-refractivity contribution in [3.8, 4) is 0 Å². The highest BCUT2D eigenvalue weighted by molar-refractivity contribution is 5.82. The van der Waals surface area contributed by atoms with E-state index in [0.29, 0.717) is 88.1 Å². The molecule has 0 aromatic carbocycles. The summed E-state index contributed by atoms with van der Waals surface area (Å²) >= 11 is 0. The fraction of sp³-hybridized carbons (Fsp3) is 0.938. The molecule has 4 N–H and O–H groups in total. The molecule has 0 saturated carbocycles. The molecule has 14 heterocycles. The van der Waals surface area contributed by atoms with E-state index in [9.17, 15) is 60.5 Å². The molecule has 0 spiro atoms. The number of likely N-dealkylation sites (tertiary alicyclic amines) is 14. The SMILES string of the molecule is CN1CCC(N2CC(F)(F)C[C@@H]2C(=O)O)CC1.CN1CCC(N2C[C@@H](F)C[C@@H]2CO)CC1.CN1CCC(N2C[C@H](F)C[C@@H]2CO)CC1.CNC(=O)[C@@H]1CCCN1C1CCN(C)CC1.COC(=O)[C@H]1CCCN1C1CCN(C)CC1.COC(=O)[C@H]1C[C@@H](F)CN1C1CCN(C)CC1.COC(=O)[C@H]1C[C@H](F)CN1C1CCN(C)CC1. The first-order chi connectivity index (χ1) is 54.0. The zero-order chi connectivity index (χ0) is 82.2. The third-order valence-corrected chi connectivity index (χ3v) is 27.1. The Morgan fingerprint density at radius 1 is 0.354 bits per heavy atom. The van der Waals surface area contributed by atoms with E-state index in [-0.39, 0.29) is 79.3 Å². The van der Waals surface area contributed by atoms with Crippen molar-refractivity contribution >= 4 is 29.8 Å². The largest absolute Gasteiger partial charge is 0.480 e. The number of esters is 3. The Hall–Kier alpha value is -3.71. The smallest absolute Gasteiger partial charge is 0.323 e. The zero-order valence-electron chi connectivity index (χ0n) is 70.6. The van der Waals surface area contributed by atoms with Gasteiger partial charge in [0.2, 0.25) is 5.91 Å². The molecule has 0 aromatic rings. The van der Waals surface area contributed by atoms with E-state index < -0.39 is 55.6 Å². The summed E-state index contributed by atoms with van der Waals surface area (Å²) in [6, 6.07) is 1.36. The number of alkyl halides is 6. The fourth-order valence-corrected chi connectivity index (χ4v) is 20.2. The number of amides is 1. The Bertz CT molecular complexity index is 2650. The van der Waals surface area contributed by atoms with Crippen LogP contribution in [0.25, 0.3) is 0 Å². The monoisotopic (exact) mass is 1620 g/mol. The molecule has 0 unspecified atom stereocenters. The third kappa shape index (κ3) is 28.2. The molecule has 1 amide bonds. The maximum atomic E-state index is 13.5. The number of carboxylic acid groups (broad SMARTS) is 1. The Morgan fingerprint density at radius 2 is 0.611 bits per heavy atom. The number of aliphatic hydroxyl groups excluding tert-OH is 2. The van der Waals surface area contributed by atoms with Crippen molar-refractivity contribution in [3.05, 3.63) is 0 Å². The Labute approximate surface area is 672 Å². The quantitative estimate of drug-likeness (QED) is 0.109. The van der Waals surface area contributed by atoms with Crippen LogP contribution in [0.2, 0.25) is 0 Å². The number of halogens is 6. The molecule has 14 saturated heterocycles. The Balaban J connectivity index is 0.000000165. The molecule has 0 bridgehead atoms. The molecule has 0 aromatic heterocycles. The number of piperidine rings is 7. The van der Waals surface area contributed by atoms with E-state index >= 15 is 0 Å². The van der Waals surface area contributed by atoms with E-state index in [1.165, 1.54) is 71.4 Å². The second kappa shape index (κ2) is 46.8. The molecular weight excluding hydrogens is 1470 g/mol. The number of hydrogen-bond donors (Lipinski definition) is 4. The molecule has 14 rings (SSSR count). The van der Waals surface area contributed by atoms with E-state index in [4.69, 9.17) is 19.3 Å². The van der Waals surface area contributed by atoms with Crippen molar-refractivity contribution in [3.63, 3.8) is 0 Å². The number of methoxy groups -OCH3 is 3. The highest BCUT2D eigenvalue weighted by Crippen LogP contribution is 2.37. The van der Waals surface area contributed by atoms with Crippen LogP contribution < -0.4 is 5.32 Å². The van der Waals surface area contributed by atoms with Gasteiger partial charge in [-0.05, 0) is 282 Å². The molecule has 32 heteroatoms. The van der Waals surface area contributed by atoms with E-state index in [1.807, 2.05) is 16.8 Å². The van der Waals surface area contributed by atoms with Gasteiger partial charge >= 0.3 is 23.9 Å². The minimum absolute atomic E-state index is 0.0133. The first-order valence-electron chi connectivity index (χ1n) is 42.9. The van der Waals surface area contributed by atoms with Gasteiger partial charge in [0.05, 0.1) is 47.1 Å². The van der Waals surface area contributed by atoms with Crippen LogP contribution in [0.5, 0.6) is 0 Å². The van der Waals surface area contributed by atoms with Crippen molar-refractivity contribution in [1.29, 1.82) is 0 Å². The number of rotatable bonds is 14. The van der Waals surface area contributed by atoms with Gasteiger partial charge in [-0.2, -0.15) is 0 Å². The highest BCUT2D eigenvalue weighted by Gasteiger charge is 2.51. The molecule has 654 valence electrons. The second-order valence-electron chi connectivity index (χ2n) is 35.1.